The van der Waals surface area contributed by atoms with E-state index in [1.165, 1.54) is 34.3 Å². The number of hydrogen-bond acceptors (Lipinski definition) is 3. The summed E-state index contributed by atoms with van der Waals surface area (Å²) in [7, 11) is 0. The van der Waals surface area contributed by atoms with Crippen molar-refractivity contribution in [3.63, 3.8) is 0 Å². The van der Waals surface area contributed by atoms with Gasteiger partial charge in [0.25, 0.3) is 0 Å². The third-order valence-electron chi connectivity index (χ3n) is 3.34. The molecule has 1 unspecified atom stereocenters. The third kappa shape index (κ3) is 3.29. The predicted molar refractivity (Wildman–Crippen MR) is 73.8 cm³/mol. The third-order valence-corrected chi connectivity index (χ3v) is 5.08. The molecule has 3 N–H and O–H groups in total. The molecule has 0 spiro atoms. The maximum atomic E-state index is 5.81. The van der Waals surface area contributed by atoms with Gasteiger partial charge >= 0.3 is 0 Å². The van der Waals surface area contributed by atoms with E-state index in [4.69, 9.17) is 5.73 Å². The molecule has 0 bridgehead atoms. The number of hydrogen-bond donors (Lipinski definition) is 2. The summed E-state index contributed by atoms with van der Waals surface area (Å²) in [5.41, 5.74) is 5.81. The van der Waals surface area contributed by atoms with Crippen LogP contribution in [-0.4, -0.2) is 13.1 Å². The zero-order chi connectivity index (χ0) is 11.4. The standard InChI is InChI=1S/C12H19BrN2S/c13-12-5-4-11(16-12)10(8-14)15-7-6-9-2-1-3-9/h4-5,9-10,15H,1-3,6-8,14H2. The van der Waals surface area contributed by atoms with Crippen LogP contribution in [0.25, 0.3) is 0 Å². The van der Waals surface area contributed by atoms with Crippen molar-refractivity contribution in [3.05, 3.63) is 20.8 Å². The largest absolute Gasteiger partial charge is 0.329 e. The van der Waals surface area contributed by atoms with E-state index in [0.717, 1.165) is 12.5 Å². The SMILES string of the molecule is NCC(NCCC1CCC1)c1ccc(Br)s1. The highest BCUT2D eigenvalue weighted by Crippen LogP contribution is 2.30. The van der Waals surface area contributed by atoms with Gasteiger partial charge in [-0.3, -0.25) is 0 Å². The molecular formula is C12H19BrN2S. The van der Waals surface area contributed by atoms with Crippen LogP contribution >= 0.6 is 27.3 Å². The van der Waals surface area contributed by atoms with Crippen LogP contribution < -0.4 is 11.1 Å². The van der Waals surface area contributed by atoms with Crippen LogP contribution in [-0.2, 0) is 0 Å². The second kappa shape index (κ2) is 6.15. The quantitative estimate of drug-likeness (QED) is 0.846. The molecule has 1 aromatic rings. The Kier molecular flexibility index (Phi) is 4.82. The molecule has 0 aliphatic heterocycles. The number of rotatable bonds is 6. The number of thiophene rings is 1. The normalized spacial score (nSPS) is 18.4. The van der Waals surface area contributed by atoms with E-state index in [0.29, 0.717) is 12.6 Å². The van der Waals surface area contributed by atoms with Crippen LogP contribution in [0, 0.1) is 5.92 Å². The van der Waals surface area contributed by atoms with Gasteiger partial charge in [0.2, 0.25) is 0 Å². The molecule has 4 heteroatoms. The Morgan fingerprint density at radius 1 is 1.50 bits per heavy atom. The number of halogens is 1. The summed E-state index contributed by atoms with van der Waals surface area (Å²) in [6.45, 7) is 1.78. The van der Waals surface area contributed by atoms with Gasteiger partial charge in [0.1, 0.15) is 0 Å². The topological polar surface area (TPSA) is 38.0 Å². The Morgan fingerprint density at radius 3 is 2.81 bits per heavy atom. The van der Waals surface area contributed by atoms with E-state index >= 15 is 0 Å². The molecule has 1 heterocycles. The summed E-state index contributed by atoms with van der Waals surface area (Å²) in [5, 5.41) is 3.56. The first-order valence-electron chi connectivity index (χ1n) is 5.98. The van der Waals surface area contributed by atoms with E-state index in [-0.39, 0.29) is 0 Å². The first-order chi connectivity index (χ1) is 7.79. The highest BCUT2D eigenvalue weighted by Gasteiger charge is 2.17. The zero-order valence-electron chi connectivity index (χ0n) is 9.42. The molecule has 0 aromatic carbocycles. The van der Waals surface area contributed by atoms with Crippen molar-refractivity contribution >= 4 is 27.3 Å². The van der Waals surface area contributed by atoms with Gasteiger partial charge in [0.05, 0.1) is 9.83 Å². The van der Waals surface area contributed by atoms with Crippen LogP contribution in [0.15, 0.2) is 15.9 Å². The average molecular weight is 303 g/mol. The molecule has 16 heavy (non-hydrogen) atoms. The van der Waals surface area contributed by atoms with Gasteiger partial charge in [-0.05, 0) is 46.9 Å². The summed E-state index contributed by atoms with van der Waals surface area (Å²) < 4.78 is 1.18. The zero-order valence-corrected chi connectivity index (χ0v) is 11.8. The van der Waals surface area contributed by atoms with Crippen LogP contribution in [0.2, 0.25) is 0 Å². The maximum absolute atomic E-state index is 5.81. The molecule has 2 rings (SSSR count). The van der Waals surface area contributed by atoms with Gasteiger partial charge in [0.15, 0.2) is 0 Å². The molecule has 90 valence electrons. The minimum absolute atomic E-state index is 0.330. The lowest BCUT2D eigenvalue weighted by Crippen LogP contribution is -2.30. The molecule has 1 fully saturated rings. The first-order valence-corrected chi connectivity index (χ1v) is 7.59. The maximum Gasteiger partial charge on any atom is 0.0702 e. The summed E-state index contributed by atoms with van der Waals surface area (Å²) >= 11 is 5.26. The summed E-state index contributed by atoms with van der Waals surface area (Å²) in [6, 6.07) is 4.58. The van der Waals surface area contributed by atoms with Crippen molar-refractivity contribution in [1.82, 2.24) is 5.32 Å². The highest BCUT2D eigenvalue weighted by atomic mass is 79.9. The summed E-state index contributed by atoms with van der Waals surface area (Å²) in [4.78, 5) is 1.34. The molecule has 1 aliphatic rings. The average Bonchev–Trinajstić information content (AvgIpc) is 2.62. The first kappa shape index (κ1) is 12.6. The second-order valence-corrected chi connectivity index (χ2v) is 6.96. The van der Waals surface area contributed by atoms with E-state index in [1.54, 1.807) is 11.3 Å². The Morgan fingerprint density at radius 2 is 2.31 bits per heavy atom. The van der Waals surface area contributed by atoms with Crippen molar-refractivity contribution in [2.24, 2.45) is 11.7 Å². The highest BCUT2D eigenvalue weighted by molar-refractivity contribution is 9.11. The number of nitrogens with two attached hydrogens (primary N) is 1. The van der Waals surface area contributed by atoms with Gasteiger partial charge in [-0.2, -0.15) is 0 Å². The van der Waals surface area contributed by atoms with Crippen molar-refractivity contribution in [2.75, 3.05) is 13.1 Å². The smallest absolute Gasteiger partial charge is 0.0702 e. The summed E-state index contributed by atoms with van der Waals surface area (Å²) in [6.07, 6.45) is 5.60. The van der Waals surface area contributed by atoms with Gasteiger partial charge < -0.3 is 11.1 Å². The van der Waals surface area contributed by atoms with Gasteiger partial charge in [0, 0.05) is 11.4 Å². The lowest BCUT2D eigenvalue weighted by Gasteiger charge is -2.26. The lowest BCUT2D eigenvalue weighted by molar-refractivity contribution is 0.288. The van der Waals surface area contributed by atoms with Crippen molar-refractivity contribution in [3.8, 4) is 0 Å². The monoisotopic (exact) mass is 302 g/mol. The second-order valence-electron chi connectivity index (χ2n) is 4.47. The van der Waals surface area contributed by atoms with Crippen molar-refractivity contribution in [2.45, 2.75) is 31.7 Å². The Balaban J connectivity index is 1.76. The fourth-order valence-electron chi connectivity index (χ4n) is 2.06. The fraction of sp³-hybridized carbons (Fsp3) is 0.667. The molecule has 1 aliphatic carbocycles. The number of nitrogens with one attached hydrogen (secondary N) is 1. The van der Waals surface area contributed by atoms with Gasteiger partial charge in [-0.1, -0.05) is 19.3 Å². The molecule has 0 radical (unpaired) electrons. The van der Waals surface area contributed by atoms with Crippen LogP contribution in [0.3, 0.4) is 0 Å². The minimum atomic E-state index is 0.330. The molecule has 2 nitrogen and oxygen atoms in total. The van der Waals surface area contributed by atoms with E-state index in [9.17, 15) is 0 Å². The molecule has 1 atom stereocenters. The fourth-order valence-corrected chi connectivity index (χ4v) is 3.57. The van der Waals surface area contributed by atoms with Crippen LogP contribution in [0.4, 0.5) is 0 Å². The van der Waals surface area contributed by atoms with E-state index < -0.39 is 0 Å². The lowest BCUT2D eigenvalue weighted by atomic mass is 9.83. The van der Waals surface area contributed by atoms with Gasteiger partial charge in [-0.15, -0.1) is 11.3 Å². The Hall–Kier alpha value is 0.1000. The van der Waals surface area contributed by atoms with Gasteiger partial charge in [-0.25, -0.2) is 0 Å². The van der Waals surface area contributed by atoms with Crippen LogP contribution in [0.5, 0.6) is 0 Å². The van der Waals surface area contributed by atoms with Crippen molar-refractivity contribution < 1.29 is 0 Å². The Labute approximate surface area is 110 Å². The van der Waals surface area contributed by atoms with E-state index in [1.807, 2.05) is 0 Å². The molecular weight excluding hydrogens is 284 g/mol. The summed E-state index contributed by atoms with van der Waals surface area (Å²) in [5.74, 6) is 0.973. The van der Waals surface area contributed by atoms with Crippen molar-refractivity contribution in [1.29, 1.82) is 0 Å². The predicted octanol–water partition coefficient (Wildman–Crippen LogP) is 3.29. The molecule has 1 aromatic heterocycles. The Bertz CT molecular complexity index is 323. The van der Waals surface area contributed by atoms with Crippen LogP contribution in [0.1, 0.15) is 36.6 Å². The molecule has 1 saturated carbocycles. The van der Waals surface area contributed by atoms with E-state index in [2.05, 4.69) is 33.4 Å². The molecule has 0 saturated heterocycles. The molecule has 0 amide bonds. The minimum Gasteiger partial charge on any atom is -0.329 e.